The maximum atomic E-state index is 13.9. The number of carbonyl (C=O) groups is 2. The van der Waals surface area contributed by atoms with Gasteiger partial charge in [-0.05, 0) is 48.0 Å². The smallest absolute Gasteiger partial charge is 0.300 e. The Morgan fingerprint density at radius 1 is 0.935 bits per heavy atom. The number of aliphatic hydroxyl groups is 1. The fraction of sp³-hybridized carbons (Fsp3) is 0.0833. The van der Waals surface area contributed by atoms with Gasteiger partial charge in [0.1, 0.15) is 23.1 Å². The van der Waals surface area contributed by atoms with E-state index in [1.165, 1.54) is 42.3 Å². The highest BCUT2D eigenvalue weighted by Crippen LogP contribution is 2.43. The summed E-state index contributed by atoms with van der Waals surface area (Å²) in [6.45, 7) is 0. The number of amides is 1. The van der Waals surface area contributed by atoms with Gasteiger partial charge in [-0.3, -0.25) is 14.5 Å². The van der Waals surface area contributed by atoms with Gasteiger partial charge in [0.05, 0.1) is 24.3 Å². The van der Waals surface area contributed by atoms with Crippen molar-refractivity contribution >= 4 is 23.1 Å². The number of carbonyl (C=O) groups excluding carboxylic acids is 2. The van der Waals surface area contributed by atoms with Crippen LogP contribution in [-0.4, -0.2) is 23.9 Å². The second-order valence-electron chi connectivity index (χ2n) is 6.90. The predicted octanol–water partition coefficient (Wildman–Crippen LogP) is 4.60. The molecule has 3 aromatic rings. The standard InChI is InChI=1S/C24H17F2NO4/c1-31-19-12-9-16(26)13-18(19)22(28)20-21(14-5-3-2-4-6-14)27(24(30)23(20)29)17-10-7-15(25)8-11-17/h2-13,21,28H,1H3/b22-20+. The van der Waals surface area contributed by atoms with Crippen LogP contribution < -0.4 is 9.64 Å². The van der Waals surface area contributed by atoms with Crippen LogP contribution in [0.3, 0.4) is 0 Å². The minimum atomic E-state index is -1.00. The van der Waals surface area contributed by atoms with E-state index in [9.17, 15) is 23.5 Å². The van der Waals surface area contributed by atoms with Crippen LogP contribution in [0.1, 0.15) is 17.2 Å². The van der Waals surface area contributed by atoms with Crippen molar-refractivity contribution in [3.63, 3.8) is 0 Å². The fourth-order valence-electron chi connectivity index (χ4n) is 3.66. The lowest BCUT2D eigenvalue weighted by Gasteiger charge is -2.25. The molecule has 0 bridgehead atoms. The first kappa shape index (κ1) is 20.3. The monoisotopic (exact) mass is 421 g/mol. The second kappa shape index (κ2) is 8.02. The van der Waals surface area contributed by atoms with E-state index >= 15 is 0 Å². The lowest BCUT2D eigenvalue weighted by Crippen LogP contribution is -2.29. The molecular weight excluding hydrogens is 404 g/mol. The summed E-state index contributed by atoms with van der Waals surface area (Å²) >= 11 is 0. The first-order chi connectivity index (χ1) is 14.9. The van der Waals surface area contributed by atoms with Crippen LogP contribution in [0, 0.1) is 11.6 Å². The summed E-state index contributed by atoms with van der Waals surface area (Å²) in [4.78, 5) is 27.2. The van der Waals surface area contributed by atoms with Crippen molar-refractivity contribution in [1.82, 2.24) is 0 Å². The largest absolute Gasteiger partial charge is 0.507 e. The Morgan fingerprint density at radius 3 is 2.23 bits per heavy atom. The van der Waals surface area contributed by atoms with Crippen molar-refractivity contribution < 1.29 is 28.2 Å². The predicted molar refractivity (Wildman–Crippen MR) is 111 cm³/mol. The Morgan fingerprint density at radius 2 is 1.58 bits per heavy atom. The molecule has 1 N–H and O–H groups in total. The molecule has 1 atom stereocenters. The van der Waals surface area contributed by atoms with E-state index < -0.39 is 35.1 Å². The highest BCUT2D eigenvalue weighted by Gasteiger charge is 2.47. The number of anilines is 1. The molecule has 1 saturated heterocycles. The van der Waals surface area contributed by atoms with Gasteiger partial charge in [-0.25, -0.2) is 8.78 Å². The lowest BCUT2D eigenvalue weighted by atomic mass is 9.95. The Balaban J connectivity index is 1.97. The van der Waals surface area contributed by atoms with E-state index in [0.29, 0.717) is 5.56 Å². The normalized spacial score (nSPS) is 17.8. The van der Waals surface area contributed by atoms with Gasteiger partial charge in [-0.2, -0.15) is 0 Å². The zero-order chi connectivity index (χ0) is 22.1. The average molecular weight is 421 g/mol. The molecule has 3 aromatic carbocycles. The number of Topliss-reactive ketones (excluding diaryl/α,β-unsaturated/α-hetero) is 1. The third kappa shape index (κ3) is 3.54. The van der Waals surface area contributed by atoms with E-state index in [0.717, 1.165) is 12.1 Å². The van der Waals surface area contributed by atoms with E-state index in [4.69, 9.17) is 4.74 Å². The van der Waals surface area contributed by atoms with Crippen LogP contribution in [0.5, 0.6) is 5.75 Å². The van der Waals surface area contributed by atoms with Crippen LogP contribution in [0.4, 0.5) is 14.5 Å². The SMILES string of the molecule is COc1ccc(F)cc1/C(O)=C1\C(=O)C(=O)N(c2ccc(F)cc2)C1c1ccccc1. The Labute approximate surface area is 176 Å². The van der Waals surface area contributed by atoms with Gasteiger partial charge in [0, 0.05) is 5.69 Å². The van der Waals surface area contributed by atoms with Gasteiger partial charge in [-0.1, -0.05) is 30.3 Å². The fourth-order valence-corrected chi connectivity index (χ4v) is 3.66. The van der Waals surface area contributed by atoms with Gasteiger partial charge in [-0.15, -0.1) is 0 Å². The molecule has 1 fully saturated rings. The van der Waals surface area contributed by atoms with Crippen LogP contribution in [-0.2, 0) is 9.59 Å². The zero-order valence-corrected chi connectivity index (χ0v) is 16.4. The van der Waals surface area contributed by atoms with Crippen molar-refractivity contribution in [2.75, 3.05) is 12.0 Å². The maximum Gasteiger partial charge on any atom is 0.300 e. The number of ketones is 1. The highest BCUT2D eigenvalue weighted by molar-refractivity contribution is 6.51. The quantitative estimate of drug-likeness (QED) is 0.380. The zero-order valence-electron chi connectivity index (χ0n) is 16.4. The van der Waals surface area contributed by atoms with Crippen molar-refractivity contribution in [3.05, 3.63) is 101 Å². The topological polar surface area (TPSA) is 66.8 Å². The van der Waals surface area contributed by atoms with Crippen molar-refractivity contribution in [2.45, 2.75) is 6.04 Å². The molecule has 5 nitrogen and oxygen atoms in total. The number of rotatable bonds is 4. The van der Waals surface area contributed by atoms with Crippen molar-refractivity contribution in [3.8, 4) is 5.75 Å². The minimum Gasteiger partial charge on any atom is -0.507 e. The molecule has 1 aliphatic heterocycles. The number of methoxy groups -OCH3 is 1. The second-order valence-corrected chi connectivity index (χ2v) is 6.90. The Hall–Kier alpha value is -4.00. The number of ether oxygens (including phenoxy) is 1. The number of aliphatic hydroxyl groups excluding tert-OH is 1. The molecule has 156 valence electrons. The Kier molecular flexibility index (Phi) is 5.25. The van der Waals surface area contributed by atoms with E-state index in [1.54, 1.807) is 30.3 Å². The van der Waals surface area contributed by atoms with Crippen molar-refractivity contribution in [1.29, 1.82) is 0 Å². The summed E-state index contributed by atoms with van der Waals surface area (Å²) in [5, 5.41) is 11.1. The third-order valence-electron chi connectivity index (χ3n) is 5.08. The molecule has 0 radical (unpaired) electrons. The molecule has 0 aliphatic carbocycles. The van der Waals surface area contributed by atoms with Gasteiger partial charge in [0.25, 0.3) is 11.7 Å². The molecule has 31 heavy (non-hydrogen) atoms. The van der Waals surface area contributed by atoms with E-state index in [1.807, 2.05) is 0 Å². The van der Waals surface area contributed by atoms with Gasteiger partial charge in [0.2, 0.25) is 0 Å². The number of hydrogen-bond donors (Lipinski definition) is 1. The molecule has 4 rings (SSSR count). The third-order valence-corrected chi connectivity index (χ3v) is 5.08. The van der Waals surface area contributed by atoms with Crippen LogP contribution in [0.2, 0.25) is 0 Å². The molecule has 0 spiro atoms. The molecule has 0 aromatic heterocycles. The first-order valence-corrected chi connectivity index (χ1v) is 9.38. The lowest BCUT2D eigenvalue weighted by molar-refractivity contribution is -0.132. The van der Waals surface area contributed by atoms with E-state index in [-0.39, 0.29) is 22.6 Å². The molecule has 1 amide bonds. The van der Waals surface area contributed by atoms with Gasteiger partial charge in [0.15, 0.2) is 0 Å². The summed E-state index contributed by atoms with van der Waals surface area (Å²) in [5.74, 6) is -3.40. The summed E-state index contributed by atoms with van der Waals surface area (Å²) in [5.41, 5.74) is 0.551. The molecule has 1 aliphatic rings. The van der Waals surface area contributed by atoms with E-state index in [2.05, 4.69) is 0 Å². The summed E-state index contributed by atoms with van der Waals surface area (Å²) in [7, 11) is 1.34. The maximum absolute atomic E-state index is 13.9. The number of halogens is 2. The van der Waals surface area contributed by atoms with Crippen LogP contribution in [0.15, 0.2) is 78.4 Å². The summed E-state index contributed by atoms with van der Waals surface area (Å²) in [6, 6.07) is 16.2. The van der Waals surface area contributed by atoms with Gasteiger partial charge >= 0.3 is 0 Å². The van der Waals surface area contributed by atoms with Crippen LogP contribution >= 0.6 is 0 Å². The minimum absolute atomic E-state index is 0.0551. The van der Waals surface area contributed by atoms with Crippen molar-refractivity contribution in [2.24, 2.45) is 0 Å². The summed E-state index contributed by atoms with van der Waals surface area (Å²) < 4.78 is 32.6. The molecule has 0 saturated carbocycles. The number of nitrogens with zero attached hydrogens (tertiary/aromatic N) is 1. The van der Waals surface area contributed by atoms with Crippen LogP contribution in [0.25, 0.3) is 5.76 Å². The summed E-state index contributed by atoms with van der Waals surface area (Å²) in [6.07, 6.45) is 0. The molecule has 7 heteroatoms. The Bertz CT molecular complexity index is 1190. The highest BCUT2D eigenvalue weighted by atomic mass is 19.1. The molecule has 1 unspecified atom stereocenters. The average Bonchev–Trinajstić information content (AvgIpc) is 3.05. The van der Waals surface area contributed by atoms with Gasteiger partial charge < -0.3 is 9.84 Å². The molecule has 1 heterocycles. The number of hydrogen-bond acceptors (Lipinski definition) is 4. The molecular formula is C24H17F2NO4. The number of benzene rings is 3. The first-order valence-electron chi connectivity index (χ1n) is 9.38.